The highest BCUT2D eigenvalue weighted by atomic mass is 79.9. The third-order valence-electron chi connectivity index (χ3n) is 3.46. The van der Waals surface area contributed by atoms with Crippen molar-refractivity contribution < 1.29 is 36.7 Å². The van der Waals surface area contributed by atoms with Gasteiger partial charge in [-0.25, -0.2) is 22.4 Å². The van der Waals surface area contributed by atoms with Gasteiger partial charge in [0.05, 0.1) is 12.2 Å². The first kappa shape index (κ1) is 23.1. The molecule has 30 heavy (non-hydrogen) atoms. The van der Waals surface area contributed by atoms with E-state index in [1.54, 1.807) is 0 Å². The summed E-state index contributed by atoms with van der Waals surface area (Å²) in [5.41, 5.74) is -0.489. The number of hydrogen-bond acceptors (Lipinski definition) is 4. The van der Waals surface area contributed by atoms with E-state index in [1.807, 2.05) is 5.32 Å². The SMILES string of the molecule is O=C(COC(=O)/C=C/c1cc(Br)ccc1F)NCC(=O)Nc1ccc(F)c(F)c1F. The second kappa shape index (κ2) is 10.5. The fourth-order valence-corrected chi connectivity index (χ4v) is 2.41. The van der Waals surface area contributed by atoms with Gasteiger partial charge in [0.1, 0.15) is 5.82 Å². The van der Waals surface area contributed by atoms with Crippen molar-refractivity contribution in [3.05, 3.63) is 69.7 Å². The molecule has 2 N–H and O–H groups in total. The molecule has 158 valence electrons. The predicted molar refractivity (Wildman–Crippen MR) is 102 cm³/mol. The minimum absolute atomic E-state index is 0.118. The minimum Gasteiger partial charge on any atom is -0.452 e. The van der Waals surface area contributed by atoms with Crippen molar-refractivity contribution in [2.45, 2.75) is 0 Å². The summed E-state index contributed by atoms with van der Waals surface area (Å²) in [6.45, 7) is -1.38. The zero-order valence-electron chi connectivity index (χ0n) is 15.0. The number of esters is 1. The molecule has 0 bridgehead atoms. The van der Waals surface area contributed by atoms with E-state index in [1.165, 1.54) is 18.2 Å². The zero-order chi connectivity index (χ0) is 22.3. The lowest BCUT2D eigenvalue weighted by atomic mass is 10.2. The lowest BCUT2D eigenvalue weighted by molar-refractivity contribution is -0.143. The van der Waals surface area contributed by atoms with Gasteiger partial charge < -0.3 is 15.4 Å². The first-order valence-corrected chi connectivity index (χ1v) is 8.96. The van der Waals surface area contributed by atoms with Crippen molar-refractivity contribution in [3.8, 4) is 0 Å². The van der Waals surface area contributed by atoms with Gasteiger partial charge >= 0.3 is 5.97 Å². The number of benzene rings is 2. The number of amides is 2. The summed E-state index contributed by atoms with van der Waals surface area (Å²) in [7, 11) is 0. The highest BCUT2D eigenvalue weighted by molar-refractivity contribution is 9.10. The first-order valence-electron chi connectivity index (χ1n) is 8.17. The molecule has 0 aliphatic rings. The Morgan fingerprint density at radius 1 is 0.967 bits per heavy atom. The maximum absolute atomic E-state index is 13.5. The molecule has 0 saturated carbocycles. The quantitative estimate of drug-likeness (QED) is 0.271. The Labute approximate surface area is 176 Å². The van der Waals surface area contributed by atoms with E-state index < -0.39 is 59.9 Å². The van der Waals surface area contributed by atoms with Crippen LogP contribution in [-0.4, -0.2) is 30.9 Å². The van der Waals surface area contributed by atoms with Gasteiger partial charge in [0.25, 0.3) is 5.91 Å². The molecule has 0 fully saturated rings. The second-order valence-electron chi connectivity index (χ2n) is 5.65. The number of hydrogen-bond donors (Lipinski definition) is 2. The molecule has 11 heteroatoms. The van der Waals surface area contributed by atoms with Crippen molar-refractivity contribution in [3.63, 3.8) is 0 Å². The molecule has 0 aromatic heterocycles. The number of anilines is 1. The number of carbonyl (C=O) groups is 3. The van der Waals surface area contributed by atoms with E-state index in [4.69, 9.17) is 0 Å². The average molecular weight is 489 g/mol. The van der Waals surface area contributed by atoms with Crippen LogP contribution in [0.5, 0.6) is 0 Å². The van der Waals surface area contributed by atoms with Crippen molar-refractivity contribution >= 4 is 45.5 Å². The molecule has 0 unspecified atom stereocenters. The van der Waals surface area contributed by atoms with Gasteiger partial charge in [-0.3, -0.25) is 9.59 Å². The smallest absolute Gasteiger partial charge is 0.331 e. The molecule has 0 spiro atoms. The average Bonchev–Trinajstić information content (AvgIpc) is 2.71. The summed E-state index contributed by atoms with van der Waals surface area (Å²) in [4.78, 5) is 34.8. The maximum atomic E-state index is 13.5. The number of ether oxygens (including phenoxy) is 1. The highest BCUT2D eigenvalue weighted by Crippen LogP contribution is 2.19. The minimum atomic E-state index is -1.75. The summed E-state index contributed by atoms with van der Waals surface area (Å²) in [6.07, 6.45) is 2.07. The Morgan fingerprint density at radius 3 is 2.40 bits per heavy atom. The van der Waals surface area contributed by atoms with Gasteiger partial charge in [0.2, 0.25) is 5.91 Å². The van der Waals surface area contributed by atoms with Crippen LogP contribution >= 0.6 is 15.9 Å². The topological polar surface area (TPSA) is 84.5 Å². The number of rotatable bonds is 7. The normalized spacial score (nSPS) is 10.7. The molecule has 0 atom stereocenters. The Balaban J connectivity index is 1.77. The van der Waals surface area contributed by atoms with Gasteiger partial charge in [-0.15, -0.1) is 0 Å². The maximum Gasteiger partial charge on any atom is 0.331 e. The van der Waals surface area contributed by atoms with Crippen LogP contribution < -0.4 is 10.6 Å². The molecule has 0 saturated heterocycles. The molecule has 2 rings (SSSR count). The molecule has 0 aliphatic heterocycles. The molecular formula is C19H13BrF4N2O4. The second-order valence-corrected chi connectivity index (χ2v) is 6.57. The van der Waals surface area contributed by atoms with Crippen molar-refractivity contribution in [1.29, 1.82) is 0 Å². The zero-order valence-corrected chi connectivity index (χ0v) is 16.6. The summed E-state index contributed by atoms with van der Waals surface area (Å²) >= 11 is 3.16. The highest BCUT2D eigenvalue weighted by Gasteiger charge is 2.15. The molecule has 2 aromatic rings. The Kier molecular flexibility index (Phi) is 8.10. The molecule has 6 nitrogen and oxygen atoms in total. The first-order chi connectivity index (χ1) is 14.2. The summed E-state index contributed by atoms with van der Waals surface area (Å²) in [5, 5.41) is 4.04. The van der Waals surface area contributed by atoms with E-state index in [9.17, 15) is 31.9 Å². The third-order valence-corrected chi connectivity index (χ3v) is 3.95. The van der Waals surface area contributed by atoms with Gasteiger partial charge in [0.15, 0.2) is 24.1 Å². The molecule has 0 heterocycles. The van der Waals surface area contributed by atoms with Crippen LogP contribution in [-0.2, 0) is 19.1 Å². The van der Waals surface area contributed by atoms with Crippen molar-refractivity contribution in [1.82, 2.24) is 5.32 Å². The van der Waals surface area contributed by atoms with Crippen LogP contribution in [0.15, 0.2) is 40.9 Å². The molecule has 2 amide bonds. The van der Waals surface area contributed by atoms with Gasteiger partial charge in [-0.2, -0.15) is 0 Å². The van der Waals surface area contributed by atoms with Crippen molar-refractivity contribution in [2.75, 3.05) is 18.5 Å². The summed E-state index contributed by atoms with van der Waals surface area (Å²) in [5.74, 6) is -8.04. The Bertz CT molecular complexity index is 1010. The van der Waals surface area contributed by atoms with Crippen LogP contribution in [0.25, 0.3) is 6.08 Å². The van der Waals surface area contributed by atoms with Crippen LogP contribution in [0.1, 0.15) is 5.56 Å². The number of carbonyl (C=O) groups excluding carboxylic acids is 3. The van der Waals surface area contributed by atoms with Crippen molar-refractivity contribution in [2.24, 2.45) is 0 Å². The number of nitrogens with one attached hydrogen (secondary N) is 2. The Hall–Kier alpha value is -3.21. The molecular weight excluding hydrogens is 476 g/mol. The van der Waals surface area contributed by atoms with Crippen LogP contribution in [0, 0.1) is 23.3 Å². The predicted octanol–water partition coefficient (Wildman–Crippen LogP) is 3.32. The Morgan fingerprint density at radius 2 is 1.67 bits per heavy atom. The van der Waals surface area contributed by atoms with Crippen LogP contribution in [0.2, 0.25) is 0 Å². The van der Waals surface area contributed by atoms with E-state index in [2.05, 4.69) is 26.0 Å². The lowest BCUT2D eigenvalue weighted by Crippen LogP contribution is -2.35. The van der Waals surface area contributed by atoms with E-state index in [-0.39, 0.29) is 5.56 Å². The van der Waals surface area contributed by atoms with Gasteiger partial charge in [0, 0.05) is 16.1 Å². The van der Waals surface area contributed by atoms with E-state index in [0.717, 1.165) is 18.2 Å². The van der Waals surface area contributed by atoms with Gasteiger partial charge in [-0.05, 0) is 36.4 Å². The number of halogens is 5. The van der Waals surface area contributed by atoms with E-state index >= 15 is 0 Å². The van der Waals surface area contributed by atoms with Gasteiger partial charge in [-0.1, -0.05) is 15.9 Å². The van der Waals surface area contributed by atoms with Crippen LogP contribution in [0.4, 0.5) is 23.2 Å². The lowest BCUT2D eigenvalue weighted by Gasteiger charge is -2.08. The molecule has 0 aliphatic carbocycles. The fraction of sp³-hybridized carbons (Fsp3) is 0.105. The largest absolute Gasteiger partial charge is 0.452 e. The standard InChI is InChI=1S/C19H13BrF4N2O4/c20-11-2-3-12(21)10(7-11)1-6-17(29)30-9-16(28)25-8-15(27)26-14-5-4-13(22)18(23)19(14)24/h1-7H,8-9H2,(H,25,28)(H,26,27)/b6-1+. The molecule has 2 aromatic carbocycles. The summed E-state index contributed by atoms with van der Waals surface area (Å²) in [6, 6.07) is 5.54. The fourth-order valence-electron chi connectivity index (χ4n) is 2.03. The van der Waals surface area contributed by atoms with Crippen LogP contribution in [0.3, 0.4) is 0 Å². The summed E-state index contributed by atoms with van der Waals surface area (Å²) < 4.78 is 58.2. The third kappa shape index (κ3) is 6.69. The molecule has 0 radical (unpaired) electrons. The van der Waals surface area contributed by atoms with E-state index in [0.29, 0.717) is 10.5 Å². The monoisotopic (exact) mass is 488 g/mol.